The molecule has 3 heterocycles. The molecule has 0 aliphatic carbocycles. The first-order valence-corrected chi connectivity index (χ1v) is 8.36. The number of carbonyl (C=O) groups is 1. The van der Waals surface area contributed by atoms with Crippen LogP contribution in [0.1, 0.15) is 30.8 Å². The largest absolute Gasteiger partial charge is 0.361 e. The van der Waals surface area contributed by atoms with E-state index in [1.54, 1.807) is 0 Å². The van der Waals surface area contributed by atoms with Gasteiger partial charge in [-0.15, -0.1) is 10.2 Å². The quantitative estimate of drug-likeness (QED) is 0.589. The van der Waals surface area contributed by atoms with Crippen molar-refractivity contribution in [3.05, 3.63) is 66.2 Å². The number of para-hydroxylation sites is 1. The molecule has 0 saturated carbocycles. The van der Waals surface area contributed by atoms with E-state index in [0.717, 1.165) is 22.6 Å². The van der Waals surface area contributed by atoms with Gasteiger partial charge < -0.3 is 10.3 Å². The number of H-pyrrole nitrogens is 1. The van der Waals surface area contributed by atoms with Crippen LogP contribution in [0.3, 0.4) is 0 Å². The van der Waals surface area contributed by atoms with Crippen molar-refractivity contribution in [3.63, 3.8) is 0 Å². The van der Waals surface area contributed by atoms with Gasteiger partial charge in [-0.3, -0.25) is 9.20 Å². The Bertz CT molecular complexity index is 1030. The van der Waals surface area contributed by atoms with Gasteiger partial charge in [0.15, 0.2) is 11.5 Å². The van der Waals surface area contributed by atoms with E-state index in [1.807, 2.05) is 60.1 Å². The molecule has 0 aliphatic rings. The summed E-state index contributed by atoms with van der Waals surface area (Å²) in [6.07, 6.45) is 5.01. The predicted octanol–water partition coefficient (Wildman–Crippen LogP) is 3.02. The first-order valence-electron chi connectivity index (χ1n) is 8.36. The van der Waals surface area contributed by atoms with Crippen LogP contribution in [0.5, 0.6) is 0 Å². The molecule has 4 rings (SSSR count). The van der Waals surface area contributed by atoms with Gasteiger partial charge in [0.1, 0.15) is 0 Å². The Morgan fingerprint density at radius 1 is 1.20 bits per heavy atom. The van der Waals surface area contributed by atoms with Crippen LogP contribution in [0.15, 0.2) is 54.9 Å². The predicted molar refractivity (Wildman–Crippen MR) is 96.2 cm³/mol. The molecule has 1 aromatic carbocycles. The zero-order valence-electron chi connectivity index (χ0n) is 13.9. The second kappa shape index (κ2) is 6.39. The van der Waals surface area contributed by atoms with E-state index in [4.69, 9.17) is 0 Å². The van der Waals surface area contributed by atoms with E-state index in [0.29, 0.717) is 12.8 Å². The molecule has 6 nitrogen and oxygen atoms in total. The molecule has 126 valence electrons. The number of carbonyl (C=O) groups excluding carboxylic acids is 1. The molecule has 0 bridgehead atoms. The smallest absolute Gasteiger partial charge is 0.220 e. The summed E-state index contributed by atoms with van der Waals surface area (Å²) in [6, 6.07) is 13.7. The summed E-state index contributed by atoms with van der Waals surface area (Å²) in [5.74, 6) is 0.738. The van der Waals surface area contributed by atoms with Crippen LogP contribution in [-0.4, -0.2) is 25.5 Å². The van der Waals surface area contributed by atoms with Crippen molar-refractivity contribution in [2.24, 2.45) is 0 Å². The number of nitrogens with zero attached hydrogens (tertiary/aromatic N) is 3. The third-order valence-corrected chi connectivity index (χ3v) is 4.40. The molecule has 1 amide bonds. The number of aromatic amines is 1. The van der Waals surface area contributed by atoms with Crippen molar-refractivity contribution >= 4 is 22.5 Å². The summed E-state index contributed by atoms with van der Waals surface area (Å²) < 4.78 is 1.89. The molecule has 0 spiro atoms. The number of fused-ring (bicyclic) bond motifs is 2. The van der Waals surface area contributed by atoms with E-state index < -0.39 is 0 Å². The van der Waals surface area contributed by atoms with Crippen LogP contribution in [0.2, 0.25) is 0 Å². The van der Waals surface area contributed by atoms with E-state index in [9.17, 15) is 4.79 Å². The third kappa shape index (κ3) is 2.98. The molecule has 0 saturated heterocycles. The van der Waals surface area contributed by atoms with E-state index in [-0.39, 0.29) is 11.9 Å². The van der Waals surface area contributed by atoms with Gasteiger partial charge in [-0.1, -0.05) is 24.3 Å². The van der Waals surface area contributed by atoms with Crippen molar-refractivity contribution in [1.82, 2.24) is 24.9 Å². The lowest BCUT2D eigenvalue weighted by atomic mass is 10.1. The van der Waals surface area contributed by atoms with Crippen LogP contribution in [0.25, 0.3) is 16.6 Å². The number of aryl methyl sites for hydroxylation is 1. The molecule has 4 aromatic rings. The van der Waals surface area contributed by atoms with Crippen LogP contribution >= 0.6 is 0 Å². The molecule has 0 aliphatic heterocycles. The highest BCUT2D eigenvalue weighted by Crippen LogP contribution is 2.19. The van der Waals surface area contributed by atoms with Gasteiger partial charge in [0.05, 0.1) is 6.04 Å². The number of hydrogen-bond acceptors (Lipinski definition) is 3. The average molecular weight is 333 g/mol. The Kier molecular flexibility index (Phi) is 3.93. The summed E-state index contributed by atoms with van der Waals surface area (Å²) in [5, 5.41) is 12.5. The van der Waals surface area contributed by atoms with Crippen molar-refractivity contribution in [1.29, 1.82) is 0 Å². The minimum absolute atomic E-state index is 0.00506. The number of nitrogens with one attached hydrogen (secondary N) is 2. The number of amides is 1. The molecule has 3 aromatic heterocycles. The topological polar surface area (TPSA) is 75.1 Å². The monoisotopic (exact) mass is 333 g/mol. The molecule has 2 N–H and O–H groups in total. The normalized spacial score (nSPS) is 12.5. The van der Waals surface area contributed by atoms with Gasteiger partial charge in [0.25, 0.3) is 0 Å². The van der Waals surface area contributed by atoms with E-state index in [1.165, 1.54) is 5.39 Å². The molecular weight excluding hydrogens is 314 g/mol. The maximum atomic E-state index is 12.3. The lowest BCUT2D eigenvalue weighted by Gasteiger charge is -2.12. The second-order valence-electron chi connectivity index (χ2n) is 6.14. The maximum Gasteiger partial charge on any atom is 0.220 e. The fourth-order valence-corrected chi connectivity index (χ4v) is 3.12. The summed E-state index contributed by atoms with van der Waals surface area (Å²) in [7, 11) is 0. The summed E-state index contributed by atoms with van der Waals surface area (Å²) in [5.41, 5.74) is 3.03. The Hall–Kier alpha value is -3.15. The molecule has 1 atom stereocenters. The van der Waals surface area contributed by atoms with Gasteiger partial charge >= 0.3 is 0 Å². The number of aromatic nitrogens is 4. The minimum atomic E-state index is -0.201. The zero-order chi connectivity index (χ0) is 17.2. The highest BCUT2D eigenvalue weighted by Gasteiger charge is 2.16. The van der Waals surface area contributed by atoms with Crippen molar-refractivity contribution in [2.45, 2.75) is 25.8 Å². The summed E-state index contributed by atoms with van der Waals surface area (Å²) in [4.78, 5) is 15.6. The van der Waals surface area contributed by atoms with Crippen LogP contribution in [0, 0.1) is 0 Å². The molecule has 6 heteroatoms. The Balaban J connectivity index is 1.42. The average Bonchev–Trinajstić information content (AvgIpc) is 3.24. The van der Waals surface area contributed by atoms with Crippen LogP contribution < -0.4 is 5.32 Å². The maximum absolute atomic E-state index is 12.3. The summed E-state index contributed by atoms with van der Waals surface area (Å²) >= 11 is 0. The standard InChI is InChI=1S/C19H19N5O/c1-13(19-23-22-17-8-4-5-11-24(17)19)21-18(25)10-9-14-12-20-16-7-3-2-6-15(14)16/h2-8,11-13,20H,9-10H2,1H3,(H,21,25)/t13-/m1/s1. The van der Waals surface area contributed by atoms with Crippen molar-refractivity contribution in [3.8, 4) is 0 Å². The van der Waals surface area contributed by atoms with E-state index in [2.05, 4.69) is 26.6 Å². The zero-order valence-corrected chi connectivity index (χ0v) is 13.9. The van der Waals surface area contributed by atoms with Crippen molar-refractivity contribution in [2.75, 3.05) is 0 Å². The fraction of sp³-hybridized carbons (Fsp3) is 0.211. The number of benzene rings is 1. The highest BCUT2D eigenvalue weighted by atomic mass is 16.1. The fourth-order valence-electron chi connectivity index (χ4n) is 3.12. The number of pyridine rings is 1. The van der Waals surface area contributed by atoms with Crippen LogP contribution in [0.4, 0.5) is 0 Å². The lowest BCUT2D eigenvalue weighted by molar-refractivity contribution is -0.121. The van der Waals surface area contributed by atoms with E-state index >= 15 is 0 Å². The Morgan fingerprint density at radius 2 is 2.04 bits per heavy atom. The Morgan fingerprint density at radius 3 is 2.96 bits per heavy atom. The van der Waals surface area contributed by atoms with Crippen molar-refractivity contribution < 1.29 is 4.79 Å². The summed E-state index contributed by atoms with van der Waals surface area (Å²) in [6.45, 7) is 1.92. The van der Waals surface area contributed by atoms with Gasteiger partial charge in [0.2, 0.25) is 5.91 Å². The lowest BCUT2D eigenvalue weighted by Crippen LogP contribution is -2.28. The third-order valence-electron chi connectivity index (χ3n) is 4.40. The van der Waals surface area contributed by atoms with Gasteiger partial charge in [-0.05, 0) is 37.1 Å². The highest BCUT2D eigenvalue weighted by molar-refractivity contribution is 5.84. The molecular formula is C19H19N5O. The first-order chi connectivity index (χ1) is 12.2. The molecule has 0 radical (unpaired) electrons. The number of rotatable bonds is 5. The van der Waals surface area contributed by atoms with Gasteiger partial charge in [-0.25, -0.2) is 0 Å². The van der Waals surface area contributed by atoms with Gasteiger partial charge in [0, 0.05) is 29.7 Å². The second-order valence-corrected chi connectivity index (χ2v) is 6.14. The number of hydrogen-bond donors (Lipinski definition) is 2. The minimum Gasteiger partial charge on any atom is -0.361 e. The van der Waals surface area contributed by atoms with Gasteiger partial charge in [-0.2, -0.15) is 0 Å². The Labute approximate surface area is 144 Å². The molecule has 0 unspecified atom stereocenters. The van der Waals surface area contributed by atoms with Crippen LogP contribution in [-0.2, 0) is 11.2 Å². The molecule has 0 fully saturated rings. The SMILES string of the molecule is C[C@@H](NC(=O)CCc1c[nH]c2ccccc12)c1nnc2ccccn12. The first kappa shape index (κ1) is 15.4. The molecule has 25 heavy (non-hydrogen) atoms.